The Kier molecular flexibility index (Phi) is 3.95. The predicted molar refractivity (Wildman–Crippen MR) is 93.6 cm³/mol. The second-order valence-corrected chi connectivity index (χ2v) is 8.75. The van der Waals surface area contributed by atoms with E-state index in [1.807, 2.05) is 6.08 Å². The van der Waals surface area contributed by atoms with Gasteiger partial charge < -0.3 is 9.84 Å². The molecule has 25 heavy (non-hydrogen) atoms. The van der Waals surface area contributed by atoms with Crippen molar-refractivity contribution in [3.63, 3.8) is 0 Å². The summed E-state index contributed by atoms with van der Waals surface area (Å²) in [6, 6.07) is 0. The summed E-state index contributed by atoms with van der Waals surface area (Å²) < 4.78 is 5.41. The Balaban J connectivity index is 1.65. The minimum absolute atomic E-state index is 0.0298. The van der Waals surface area contributed by atoms with Crippen LogP contribution in [-0.4, -0.2) is 29.6 Å². The summed E-state index contributed by atoms with van der Waals surface area (Å²) in [6.45, 7) is 4.08. The minimum Gasteiger partial charge on any atom is -0.465 e. The van der Waals surface area contributed by atoms with Gasteiger partial charge in [-0.3, -0.25) is 9.59 Å². The van der Waals surface area contributed by atoms with Gasteiger partial charge in [-0.15, -0.1) is 0 Å². The number of carbonyl (C=O) groups is 2. The summed E-state index contributed by atoms with van der Waals surface area (Å²) in [5.74, 6) is 1.30. The number of allylic oxidation sites excluding steroid dienone is 4. The van der Waals surface area contributed by atoms with Crippen LogP contribution in [0.3, 0.4) is 0 Å². The maximum absolute atomic E-state index is 11.8. The fraction of sp³-hybridized carbons (Fsp3) is 0.714. The molecule has 0 aliphatic heterocycles. The van der Waals surface area contributed by atoms with Gasteiger partial charge in [0.25, 0.3) is 0 Å². The van der Waals surface area contributed by atoms with Gasteiger partial charge in [-0.05, 0) is 68.4 Å². The lowest BCUT2D eigenvalue weighted by Crippen LogP contribution is -2.53. The van der Waals surface area contributed by atoms with Crippen LogP contribution in [0.2, 0.25) is 0 Å². The van der Waals surface area contributed by atoms with Gasteiger partial charge in [0.2, 0.25) is 0 Å². The average molecular weight is 344 g/mol. The molecular formula is C21H28O4. The second kappa shape index (κ2) is 5.80. The molecule has 0 bridgehead atoms. The Hall–Kier alpha value is -1.42. The lowest BCUT2D eigenvalue weighted by Gasteiger charge is -2.57. The van der Waals surface area contributed by atoms with Gasteiger partial charge in [-0.2, -0.15) is 0 Å². The van der Waals surface area contributed by atoms with Crippen molar-refractivity contribution in [2.24, 2.45) is 28.6 Å². The molecule has 3 fully saturated rings. The minimum atomic E-state index is -0.369. The van der Waals surface area contributed by atoms with Crippen LogP contribution in [0.4, 0.5) is 0 Å². The van der Waals surface area contributed by atoms with Crippen molar-refractivity contribution in [1.29, 1.82) is 0 Å². The molecule has 136 valence electrons. The Bertz CT molecular complexity index is 663. The third-order valence-corrected chi connectivity index (χ3v) is 7.77. The van der Waals surface area contributed by atoms with Gasteiger partial charge in [0.05, 0.1) is 12.7 Å². The lowest BCUT2D eigenvalue weighted by atomic mass is 9.48. The van der Waals surface area contributed by atoms with Gasteiger partial charge in [0, 0.05) is 17.8 Å². The van der Waals surface area contributed by atoms with Crippen LogP contribution < -0.4 is 0 Å². The van der Waals surface area contributed by atoms with Crippen molar-refractivity contribution in [1.82, 2.24) is 0 Å². The number of ketones is 1. The van der Waals surface area contributed by atoms with E-state index in [0.717, 1.165) is 38.5 Å². The van der Waals surface area contributed by atoms with Crippen LogP contribution >= 0.6 is 0 Å². The molecule has 0 unspecified atom stereocenters. The van der Waals surface area contributed by atoms with Crippen LogP contribution in [0.25, 0.3) is 0 Å². The van der Waals surface area contributed by atoms with Gasteiger partial charge in [-0.1, -0.05) is 18.6 Å². The third kappa shape index (κ3) is 2.44. The molecule has 0 spiro atoms. The molecule has 4 rings (SSSR count). The van der Waals surface area contributed by atoms with E-state index < -0.39 is 0 Å². The standard InChI is InChI=1S/C21H28O4/c1-13(22)25-12-21-10-8-17-16(18(21)5-6-19(21)24)4-3-14-11-15(23)7-9-20(14,17)2/h7,9,11,16-19,24H,3-6,8,10,12H2,1-2H3/t16-,17+,18+,19+,20+,21-/m1/s1. The quantitative estimate of drug-likeness (QED) is 0.782. The van der Waals surface area contributed by atoms with E-state index in [9.17, 15) is 14.7 Å². The first-order chi connectivity index (χ1) is 11.9. The normalized spacial score (nSPS) is 45.2. The Morgan fingerprint density at radius 2 is 2.08 bits per heavy atom. The summed E-state index contributed by atoms with van der Waals surface area (Å²) in [4.78, 5) is 23.2. The first kappa shape index (κ1) is 17.0. The topological polar surface area (TPSA) is 63.6 Å². The number of rotatable bonds is 2. The van der Waals surface area contributed by atoms with Crippen LogP contribution in [0.1, 0.15) is 52.4 Å². The van der Waals surface area contributed by atoms with Crippen molar-refractivity contribution in [3.8, 4) is 0 Å². The lowest BCUT2D eigenvalue weighted by molar-refractivity contribution is -0.156. The molecule has 4 aliphatic carbocycles. The molecule has 3 saturated carbocycles. The van der Waals surface area contributed by atoms with Gasteiger partial charge in [0.15, 0.2) is 5.78 Å². The fourth-order valence-corrected chi connectivity index (χ4v) is 6.49. The highest BCUT2D eigenvalue weighted by Crippen LogP contribution is 2.64. The average Bonchev–Trinajstić information content (AvgIpc) is 2.91. The van der Waals surface area contributed by atoms with Crippen molar-refractivity contribution >= 4 is 11.8 Å². The van der Waals surface area contributed by atoms with Crippen molar-refractivity contribution in [3.05, 3.63) is 23.8 Å². The zero-order valence-electron chi connectivity index (χ0n) is 15.2. The van der Waals surface area contributed by atoms with E-state index >= 15 is 0 Å². The summed E-state index contributed by atoms with van der Waals surface area (Å²) in [7, 11) is 0. The highest BCUT2D eigenvalue weighted by atomic mass is 16.5. The van der Waals surface area contributed by atoms with E-state index in [-0.39, 0.29) is 28.7 Å². The van der Waals surface area contributed by atoms with E-state index in [1.165, 1.54) is 12.5 Å². The Morgan fingerprint density at radius 3 is 2.84 bits per heavy atom. The molecule has 1 N–H and O–H groups in total. The van der Waals surface area contributed by atoms with Crippen LogP contribution in [0.5, 0.6) is 0 Å². The third-order valence-electron chi connectivity index (χ3n) is 7.77. The van der Waals surface area contributed by atoms with E-state index in [2.05, 4.69) is 13.0 Å². The molecule has 0 aromatic rings. The van der Waals surface area contributed by atoms with E-state index in [4.69, 9.17) is 4.74 Å². The van der Waals surface area contributed by atoms with Crippen molar-refractivity contribution in [2.75, 3.05) is 6.61 Å². The number of hydrogen-bond donors (Lipinski definition) is 1. The fourth-order valence-electron chi connectivity index (χ4n) is 6.49. The summed E-state index contributed by atoms with van der Waals surface area (Å²) in [5.41, 5.74) is 0.989. The first-order valence-corrected chi connectivity index (χ1v) is 9.62. The van der Waals surface area contributed by atoms with Gasteiger partial charge in [-0.25, -0.2) is 0 Å². The van der Waals surface area contributed by atoms with E-state index in [0.29, 0.717) is 24.4 Å². The molecule has 4 heteroatoms. The summed E-state index contributed by atoms with van der Waals surface area (Å²) in [6.07, 6.45) is 11.1. The first-order valence-electron chi connectivity index (χ1n) is 9.62. The number of aliphatic hydroxyl groups excluding tert-OH is 1. The molecule has 4 aliphatic rings. The van der Waals surface area contributed by atoms with E-state index in [1.54, 1.807) is 6.08 Å². The zero-order chi connectivity index (χ0) is 17.8. The number of hydrogen-bond acceptors (Lipinski definition) is 4. The number of ether oxygens (including phenoxy) is 1. The number of carbonyl (C=O) groups excluding carboxylic acids is 2. The Labute approximate surface area is 149 Å². The summed E-state index contributed by atoms with van der Waals surface area (Å²) >= 11 is 0. The number of aliphatic hydroxyl groups is 1. The summed E-state index contributed by atoms with van der Waals surface area (Å²) in [5, 5.41) is 10.7. The number of esters is 1. The molecule has 0 heterocycles. The molecule has 4 nitrogen and oxygen atoms in total. The maximum atomic E-state index is 11.8. The molecule has 0 saturated heterocycles. The van der Waals surface area contributed by atoms with Crippen LogP contribution in [0, 0.1) is 28.6 Å². The van der Waals surface area contributed by atoms with Gasteiger partial charge in [0.1, 0.15) is 0 Å². The van der Waals surface area contributed by atoms with Crippen molar-refractivity contribution in [2.45, 2.75) is 58.5 Å². The molecule has 0 radical (unpaired) electrons. The molecule has 0 aromatic heterocycles. The number of fused-ring (bicyclic) bond motifs is 5. The zero-order valence-corrected chi connectivity index (χ0v) is 15.2. The molecular weight excluding hydrogens is 316 g/mol. The van der Waals surface area contributed by atoms with Crippen LogP contribution in [0.15, 0.2) is 23.8 Å². The molecule has 6 atom stereocenters. The highest BCUT2D eigenvalue weighted by molar-refractivity contribution is 6.01. The SMILES string of the molecule is CC(=O)OC[C@]12CC[C@H]3[C@@H](CCC4=CC(=O)C=C[C@@]43C)[C@@H]1CC[C@@H]2O. The molecule has 0 amide bonds. The monoisotopic (exact) mass is 344 g/mol. The predicted octanol–water partition coefficient (Wildman–Crippen LogP) is 3.20. The smallest absolute Gasteiger partial charge is 0.302 e. The largest absolute Gasteiger partial charge is 0.465 e. The van der Waals surface area contributed by atoms with Crippen molar-refractivity contribution < 1.29 is 19.4 Å². The maximum Gasteiger partial charge on any atom is 0.302 e. The highest BCUT2D eigenvalue weighted by Gasteiger charge is 2.60. The van der Waals surface area contributed by atoms with Crippen LogP contribution in [-0.2, 0) is 14.3 Å². The molecule has 0 aromatic carbocycles. The second-order valence-electron chi connectivity index (χ2n) is 8.75. The van der Waals surface area contributed by atoms with Gasteiger partial charge >= 0.3 is 5.97 Å². The Morgan fingerprint density at radius 1 is 1.28 bits per heavy atom.